The first-order valence-corrected chi connectivity index (χ1v) is 13.8. The van der Waals surface area contributed by atoms with Gasteiger partial charge >= 0.3 is 5.97 Å². The number of anilines is 2. The van der Waals surface area contributed by atoms with Crippen molar-refractivity contribution in [2.45, 2.75) is 38.1 Å². The van der Waals surface area contributed by atoms with E-state index in [2.05, 4.69) is 19.9 Å². The fourth-order valence-corrected chi connectivity index (χ4v) is 5.39. The summed E-state index contributed by atoms with van der Waals surface area (Å²) in [5.74, 6) is -0.631. The number of carbonyl (C=O) groups is 2. The lowest BCUT2D eigenvalue weighted by Gasteiger charge is -2.35. The van der Waals surface area contributed by atoms with Gasteiger partial charge in [-0.3, -0.25) is 14.4 Å². The first kappa shape index (κ1) is 27.3. The number of rotatable bonds is 7. The minimum absolute atomic E-state index is 0.0308. The lowest BCUT2D eigenvalue weighted by molar-refractivity contribution is -0.123. The number of pyridine rings is 1. The van der Waals surface area contributed by atoms with Crippen molar-refractivity contribution < 1.29 is 23.1 Å². The largest absolute Gasteiger partial charge is 0.478 e. The molecule has 3 aromatic rings. The lowest BCUT2D eigenvalue weighted by Crippen LogP contribution is -2.52. The van der Waals surface area contributed by atoms with Crippen molar-refractivity contribution in [2.24, 2.45) is 0 Å². The van der Waals surface area contributed by atoms with E-state index in [0.29, 0.717) is 49.4 Å². The number of benzene rings is 2. The van der Waals surface area contributed by atoms with Gasteiger partial charge in [-0.1, -0.05) is 17.7 Å². The second-order valence-corrected chi connectivity index (χ2v) is 12.2. The second-order valence-electron chi connectivity index (χ2n) is 10.5. The Kier molecular flexibility index (Phi) is 7.61. The molecule has 2 heterocycles. The molecule has 1 aliphatic rings. The highest BCUT2D eigenvalue weighted by molar-refractivity contribution is 7.92. The van der Waals surface area contributed by atoms with Gasteiger partial charge < -0.3 is 15.3 Å². The van der Waals surface area contributed by atoms with E-state index >= 15 is 0 Å². The maximum atomic E-state index is 12.8. The number of hydrogen-bond acceptors (Lipinski definition) is 7. The predicted octanol–water partition coefficient (Wildman–Crippen LogP) is 3.08. The molecule has 10 nitrogen and oxygen atoms in total. The van der Waals surface area contributed by atoms with Gasteiger partial charge in [-0.05, 0) is 64.1 Å². The van der Waals surface area contributed by atoms with Crippen LogP contribution in [0.5, 0.6) is 0 Å². The fraction of sp³-hybridized carbons (Fsp3) is 0.370. The van der Waals surface area contributed by atoms with Crippen LogP contribution in [0.2, 0.25) is 0 Å². The van der Waals surface area contributed by atoms with E-state index in [1.807, 2.05) is 32.6 Å². The molecule has 202 valence electrons. The molecule has 1 amide bonds. The summed E-state index contributed by atoms with van der Waals surface area (Å²) < 4.78 is 28.2. The molecular formula is C27H33N5O5S. The summed E-state index contributed by atoms with van der Waals surface area (Å²) >= 11 is 0. The molecule has 1 aromatic heterocycles. The maximum Gasteiger partial charge on any atom is 0.336 e. The van der Waals surface area contributed by atoms with E-state index in [1.54, 1.807) is 24.3 Å². The third-order valence-electron chi connectivity index (χ3n) is 6.19. The smallest absolute Gasteiger partial charge is 0.336 e. The number of aryl methyl sites for hydroxylation is 1. The Morgan fingerprint density at radius 3 is 2.26 bits per heavy atom. The van der Waals surface area contributed by atoms with Crippen LogP contribution in [0.25, 0.3) is 10.9 Å². The van der Waals surface area contributed by atoms with Crippen molar-refractivity contribution in [3.8, 4) is 0 Å². The zero-order valence-corrected chi connectivity index (χ0v) is 22.8. The first-order valence-electron chi connectivity index (χ1n) is 12.4. The maximum absolute atomic E-state index is 12.8. The highest BCUT2D eigenvalue weighted by Crippen LogP contribution is 2.28. The van der Waals surface area contributed by atoms with Crippen molar-refractivity contribution in [3.05, 3.63) is 59.7 Å². The second kappa shape index (κ2) is 10.6. The average Bonchev–Trinajstić information content (AvgIpc) is 2.82. The molecule has 38 heavy (non-hydrogen) atoms. The number of carboxylic acid groups (broad SMARTS) is 1. The monoisotopic (exact) mass is 539 g/mol. The Morgan fingerprint density at radius 2 is 1.66 bits per heavy atom. The fourth-order valence-electron chi connectivity index (χ4n) is 4.34. The molecule has 0 unspecified atom stereocenters. The minimum atomic E-state index is -3.84. The van der Waals surface area contributed by atoms with E-state index in [4.69, 9.17) is 0 Å². The van der Waals surface area contributed by atoms with E-state index in [-0.39, 0.29) is 27.6 Å². The third kappa shape index (κ3) is 6.59. The molecule has 0 saturated carbocycles. The van der Waals surface area contributed by atoms with Gasteiger partial charge in [0.1, 0.15) is 5.82 Å². The highest BCUT2D eigenvalue weighted by atomic mass is 32.2. The van der Waals surface area contributed by atoms with Crippen molar-refractivity contribution in [2.75, 3.05) is 42.3 Å². The number of carboxylic acids is 1. The molecular weight excluding hydrogens is 506 g/mol. The van der Waals surface area contributed by atoms with Crippen LogP contribution in [-0.2, 0) is 14.8 Å². The Labute approximate surface area is 222 Å². The molecule has 4 rings (SSSR count). The Hall–Kier alpha value is -3.70. The molecule has 0 atom stereocenters. The number of piperazine rings is 1. The van der Waals surface area contributed by atoms with Gasteiger partial charge in [0, 0.05) is 42.8 Å². The lowest BCUT2D eigenvalue weighted by atomic mass is 10.1. The molecule has 0 spiro atoms. The molecule has 1 saturated heterocycles. The molecule has 1 aliphatic heterocycles. The summed E-state index contributed by atoms with van der Waals surface area (Å²) in [6.07, 6.45) is 0. The van der Waals surface area contributed by atoms with Crippen LogP contribution in [0.3, 0.4) is 0 Å². The molecule has 2 aromatic carbocycles. The molecule has 0 radical (unpaired) electrons. The van der Waals surface area contributed by atoms with Gasteiger partial charge in [-0.2, -0.15) is 0 Å². The number of aromatic carboxylic acids is 1. The number of aromatic nitrogens is 1. The van der Waals surface area contributed by atoms with Crippen LogP contribution in [-0.4, -0.2) is 73.5 Å². The van der Waals surface area contributed by atoms with E-state index in [9.17, 15) is 23.1 Å². The highest BCUT2D eigenvalue weighted by Gasteiger charge is 2.24. The summed E-state index contributed by atoms with van der Waals surface area (Å²) in [5.41, 5.74) is 1.38. The van der Waals surface area contributed by atoms with Gasteiger partial charge in [-0.25, -0.2) is 18.2 Å². The van der Waals surface area contributed by atoms with Gasteiger partial charge in [0.2, 0.25) is 5.91 Å². The van der Waals surface area contributed by atoms with Crippen LogP contribution in [0.4, 0.5) is 11.5 Å². The molecule has 11 heteroatoms. The number of fused-ring (bicyclic) bond motifs is 1. The van der Waals surface area contributed by atoms with E-state index < -0.39 is 16.0 Å². The van der Waals surface area contributed by atoms with Crippen LogP contribution in [0.15, 0.2) is 53.4 Å². The number of carbonyl (C=O) groups excluding carboxylic acids is 1. The van der Waals surface area contributed by atoms with Crippen molar-refractivity contribution in [1.82, 2.24) is 15.2 Å². The van der Waals surface area contributed by atoms with E-state index in [1.165, 1.54) is 24.3 Å². The standard InChI is InChI=1S/C27H33N5O5S/c1-18-5-8-20(9-6-18)38(36,37)30-19-7-10-23-21(15-19)22(26(34)35)16-24(28-23)32-13-11-31(12-14-32)17-25(33)29-27(2,3)4/h5-10,15-16,30H,11-14,17H2,1-4H3,(H,29,33)(H,34,35). The van der Waals surface area contributed by atoms with Crippen LogP contribution < -0.4 is 14.9 Å². The van der Waals surface area contributed by atoms with Gasteiger partial charge in [0.05, 0.1) is 22.5 Å². The van der Waals surface area contributed by atoms with Crippen molar-refractivity contribution >= 4 is 44.3 Å². The summed E-state index contributed by atoms with van der Waals surface area (Å²) in [6, 6.07) is 12.7. The summed E-state index contributed by atoms with van der Waals surface area (Å²) in [5, 5.41) is 13.2. The summed E-state index contributed by atoms with van der Waals surface area (Å²) in [4.78, 5) is 33.3. The van der Waals surface area contributed by atoms with Gasteiger partial charge in [-0.15, -0.1) is 0 Å². The van der Waals surface area contributed by atoms with Crippen LogP contribution in [0, 0.1) is 6.92 Å². The van der Waals surface area contributed by atoms with Crippen LogP contribution in [0.1, 0.15) is 36.7 Å². The number of nitrogens with one attached hydrogen (secondary N) is 2. The van der Waals surface area contributed by atoms with Crippen molar-refractivity contribution in [3.63, 3.8) is 0 Å². The zero-order chi connectivity index (χ0) is 27.7. The SMILES string of the molecule is Cc1ccc(S(=O)(=O)Nc2ccc3nc(N4CCN(CC(=O)NC(C)(C)C)CC4)cc(C(=O)O)c3c2)cc1. The predicted molar refractivity (Wildman–Crippen MR) is 147 cm³/mol. The number of hydrogen-bond donors (Lipinski definition) is 3. The molecule has 1 fully saturated rings. The summed E-state index contributed by atoms with van der Waals surface area (Å²) in [7, 11) is -3.84. The first-order chi connectivity index (χ1) is 17.8. The Morgan fingerprint density at radius 1 is 1.00 bits per heavy atom. The zero-order valence-electron chi connectivity index (χ0n) is 22.0. The quantitative estimate of drug-likeness (QED) is 0.417. The normalized spacial score (nSPS) is 14.9. The Balaban J connectivity index is 1.52. The number of nitrogens with zero attached hydrogens (tertiary/aromatic N) is 3. The van der Waals surface area contributed by atoms with E-state index in [0.717, 1.165) is 5.56 Å². The average molecular weight is 540 g/mol. The molecule has 3 N–H and O–H groups in total. The van der Waals surface area contributed by atoms with Crippen LogP contribution >= 0.6 is 0 Å². The summed E-state index contributed by atoms with van der Waals surface area (Å²) in [6.45, 7) is 10.5. The molecule has 0 aliphatic carbocycles. The molecule has 0 bridgehead atoms. The van der Waals surface area contributed by atoms with Gasteiger partial charge in [0.25, 0.3) is 10.0 Å². The third-order valence-corrected chi connectivity index (χ3v) is 7.58. The number of sulfonamides is 1. The van der Waals surface area contributed by atoms with Crippen molar-refractivity contribution in [1.29, 1.82) is 0 Å². The Bertz CT molecular complexity index is 1460. The topological polar surface area (TPSA) is 132 Å². The minimum Gasteiger partial charge on any atom is -0.478 e. The van der Waals surface area contributed by atoms with Gasteiger partial charge in [0.15, 0.2) is 0 Å². The number of amides is 1.